The minimum Gasteiger partial charge on any atom is -0.424 e. The molecule has 64 valence electrons. The molecule has 0 aliphatic carbocycles. The van der Waals surface area contributed by atoms with Crippen molar-refractivity contribution in [2.75, 3.05) is 0 Å². The van der Waals surface area contributed by atoms with E-state index >= 15 is 0 Å². The average molecular weight is 170 g/mol. The average Bonchev–Trinajstić information content (AvgIpc) is 2.09. The third-order valence-corrected chi connectivity index (χ3v) is 1.16. The number of hydrogen-bond donors (Lipinski definition) is 0. The van der Waals surface area contributed by atoms with Crippen LogP contribution < -0.4 is 0 Å². The first-order valence-electron chi connectivity index (χ1n) is 2.89. The van der Waals surface area contributed by atoms with Gasteiger partial charge >= 0.3 is 6.16 Å². The van der Waals surface area contributed by atoms with E-state index in [2.05, 4.69) is 9.47 Å². The van der Waals surface area contributed by atoms with Crippen LogP contribution in [0.5, 0.6) is 0 Å². The van der Waals surface area contributed by atoms with Crippen molar-refractivity contribution in [3.8, 4) is 0 Å². The molecular weight excluding hydrogens is 165 g/mol. The van der Waals surface area contributed by atoms with Crippen molar-refractivity contribution in [1.82, 2.24) is 0 Å². The zero-order chi connectivity index (χ0) is 8.43. The van der Waals surface area contributed by atoms with E-state index in [0.29, 0.717) is 0 Å². The Morgan fingerprint density at radius 1 is 1.45 bits per heavy atom. The molecule has 0 radical (unpaired) electrons. The molecule has 1 saturated heterocycles. The number of carbonyl (C=O) groups excluding carboxylic acids is 1. The molecule has 0 amide bonds. The van der Waals surface area contributed by atoms with Gasteiger partial charge in [0.05, 0.1) is 6.42 Å². The Labute approximate surface area is 60.1 Å². The Morgan fingerprint density at radius 2 is 2.09 bits per heavy atom. The molecule has 0 aromatic carbocycles. The highest BCUT2D eigenvalue weighted by molar-refractivity contribution is 5.62. The molecule has 11 heavy (non-hydrogen) atoms. The lowest BCUT2D eigenvalue weighted by Gasteiger charge is -2.06. The van der Waals surface area contributed by atoms with Crippen LogP contribution in [0.4, 0.5) is 18.0 Å². The van der Waals surface area contributed by atoms with Crippen LogP contribution >= 0.6 is 0 Å². The summed E-state index contributed by atoms with van der Waals surface area (Å²) in [5, 5.41) is 0. The van der Waals surface area contributed by atoms with Crippen LogP contribution in [0.2, 0.25) is 0 Å². The van der Waals surface area contributed by atoms with Crippen molar-refractivity contribution in [2.45, 2.75) is 25.3 Å². The summed E-state index contributed by atoms with van der Waals surface area (Å²) >= 11 is 0. The van der Waals surface area contributed by atoms with Crippen LogP contribution in [-0.2, 0) is 9.47 Å². The smallest absolute Gasteiger partial charge is 0.424 e. The number of hydrogen-bond acceptors (Lipinski definition) is 3. The van der Waals surface area contributed by atoms with Gasteiger partial charge in [-0.2, -0.15) is 4.39 Å². The van der Waals surface area contributed by atoms with Crippen molar-refractivity contribution in [2.24, 2.45) is 0 Å². The van der Waals surface area contributed by atoms with Gasteiger partial charge in [0.25, 0.3) is 6.36 Å². The van der Waals surface area contributed by atoms with Crippen LogP contribution in [0.3, 0.4) is 0 Å². The standard InChI is InChI=1S/C5H5F3O3/c6-3(7)1-2-4(8)11-5(9)10-2/h2-4H,1H2. The van der Waals surface area contributed by atoms with Gasteiger partial charge in [0.1, 0.15) is 0 Å². The molecule has 2 unspecified atom stereocenters. The summed E-state index contributed by atoms with van der Waals surface area (Å²) in [6.07, 6.45) is -8.28. The van der Waals surface area contributed by atoms with E-state index in [1.165, 1.54) is 0 Å². The van der Waals surface area contributed by atoms with Gasteiger partial charge in [0.2, 0.25) is 6.43 Å². The molecule has 1 aliphatic rings. The Bertz CT molecular complexity index is 161. The highest BCUT2D eigenvalue weighted by Gasteiger charge is 2.38. The van der Waals surface area contributed by atoms with Gasteiger partial charge in [0, 0.05) is 0 Å². The Kier molecular flexibility index (Phi) is 2.21. The summed E-state index contributed by atoms with van der Waals surface area (Å²) in [7, 11) is 0. The van der Waals surface area contributed by atoms with Gasteiger partial charge in [0.15, 0.2) is 6.10 Å². The first-order chi connectivity index (χ1) is 5.09. The molecule has 0 aromatic rings. The second kappa shape index (κ2) is 2.98. The van der Waals surface area contributed by atoms with Crippen LogP contribution in [0.15, 0.2) is 0 Å². The first kappa shape index (κ1) is 8.16. The molecule has 0 saturated carbocycles. The van der Waals surface area contributed by atoms with Crippen LogP contribution in [0.1, 0.15) is 6.42 Å². The fourth-order valence-electron chi connectivity index (χ4n) is 0.703. The maximum Gasteiger partial charge on any atom is 0.511 e. The Hall–Kier alpha value is -0.940. The molecule has 1 aliphatic heterocycles. The van der Waals surface area contributed by atoms with E-state index in [1.807, 2.05) is 0 Å². The van der Waals surface area contributed by atoms with Gasteiger partial charge in [-0.3, -0.25) is 0 Å². The summed E-state index contributed by atoms with van der Waals surface area (Å²) < 4.78 is 43.3. The third-order valence-electron chi connectivity index (χ3n) is 1.16. The van der Waals surface area contributed by atoms with E-state index < -0.39 is 31.5 Å². The molecule has 0 aromatic heterocycles. The zero-order valence-corrected chi connectivity index (χ0v) is 5.30. The maximum atomic E-state index is 12.3. The predicted octanol–water partition coefficient (Wildman–Crippen LogP) is 1.47. The van der Waals surface area contributed by atoms with Crippen molar-refractivity contribution in [3.05, 3.63) is 0 Å². The largest absolute Gasteiger partial charge is 0.511 e. The number of halogens is 3. The molecule has 1 heterocycles. The van der Waals surface area contributed by atoms with Crippen LogP contribution in [0.25, 0.3) is 0 Å². The number of alkyl halides is 3. The molecule has 1 rings (SSSR count). The lowest BCUT2D eigenvalue weighted by molar-refractivity contribution is 0.0000945. The van der Waals surface area contributed by atoms with Crippen LogP contribution in [-0.4, -0.2) is 25.0 Å². The van der Waals surface area contributed by atoms with Crippen molar-refractivity contribution < 1.29 is 27.4 Å². The van der Waals surface area contributed by atoms with Crippen molar-refractivity contribution in [3.63, 3.8) is 0 Å². The molecule has 0 bridgehead atoms. The van der Waals surface area contributed by atoms with E-state index in [4.69, 9.17) is 0 Å². The summed E-state index contributed by atoms with van der Waals surface area (Å²) in [6.45, 7) is 0. The number of ether oxygens (including phenoxy) is 2. The minimum atomic E-state index is -2.70. The third kappa shape index (κ3) is 1.99. The number of cyclic esters (lactones) is 2. The molecule has 0 spiro atoms. The molecular formula is C5H5F3O3. The van der Waals surface area contributed by atoms with E-state index in [1.54, 1.807) is 0 Å². The van der Waals surface area contributed by atoms with Crippen LogP contribution in [0, 0.1) is 0 Å². The summed E-state index contributed by atoms with van der Waals surface area (Å²) in [5.41, 5.74) is 0. The SMILES string of the molecule is O=C1OC(F)C(CC(F)F)O1. The first-order valence-corrected chi connectivity index (χ1v) is 2.89. The highest BCUT2D eigenvalue weighted by atomic mass is 19.3. The van der Waals surface area contributed by atoms with E-state index in [9.17, 15) is 18.0 Å². The molecule has 6 heteroatoms. The number of rotatable bonds is 2. The second-order valence-corrected chi connectivity index (χ2v) is 2.00. The van der Waals surface area contributed by atoms with E-state index in [0.717, 1.165) is 0 Å². The van der Waals surface area contributed by atoms with Gasteiger partial charge < -0.3 is 9.47 Å². The lowest BCUT2D eigenvalue weighted by atomic mass is 10.3. The maximum absolute atomic E-state index is 12.3. The quantitative estimate of drug-likeness (QED) is 0.588. The van der Waals surface area contributed by atoms with Crippen molar-refractivity contribution in [1.29, 1.82) is 0 Å². The summed E-state index contributed by atoms with van der Waals surface area (Å²) in [4.78, 5) is 10.1. The highest BCUT2D eigenvalue weighted by Crippen LogP contribution is 2.21. The summed E-state index contributed by atoms with van der Waals surface area (Å²) in [5.74, 6) is 0. The molecule has 3 nitrogen and oxygen atoms in total. The second-order valence-electron chi connectivity index (χ2n) is 2.00. The lowest BCUT2D eigenvalue weighted by Crippen LogP contribution is -2.20. The van der Waals surface area contributed by atoms with Gasteiger partial charge in [-0.25, -0.2) is 13.6 Å². The predicted molar refractivity (Wildman–Crippen MR) is 26.9 cm³/mol. The zero-order valence-electron chi connectivity index (χ0n) is 5.30. The normalized spacial score (nSPS) is 30.4. The minimum absolute atomic E-state index is 0.826. The summed E-state index contributed by atoms with van der Waals surface area (Å²) in [6, 6.07) is 0. The van der Waals surface area contributed by atoms with Crippen molar-refractivity contribution >= 4 is 6.16 Å². The topological polar surface area (TPSA) is 35.5 Å². The fourth-order valence-corrected chi connectivity index (χ4v) is 0.703. The molecule has 2 atom stereocenters. The number of carbonyl (C=O) groups is 1. The molecule has 0 N–H and O–H groups in total. The van der Waals surface area contributed by atoms with Gasteiger partial charge in [-0.05, 0) is 0 Å². The van der Waals surface area contributed by atoms with Gasteiger partial charge in [-0.1, -0.05) is 0 Å². The Morgan fingerprint density at radius 3 is 2.45 bits per heavy atom. The van der Waals surface area contributed by atoms with Gasteiger partial charge in [-0.15, -0.1) is 0 Å². The molecule has 1 fully saturated rings. The monoisotopic (exact) mass is 170 g/mol. The fraction of sp³-hybridized carbons (Fsp3) is 0.800. The Balaban J connectivity index is 2.40. The van der Waals surface area contributed by atoms with E-state index in [-0.39, 0.29) is 0 Å².